The van der Waals surface area contributed by atoms with E-state index in [4.69, 9.17) is 9.47 Å². The molecule has 0 bridgehead atoms. The molecule has 0 radical (unpaired) electrons. The molecule has 2 aromatic carbocycles. The summed E-state index contributed by atoms with van der Waals surface area (Å²) in [5, 5.41) is 0. The molecule has 0 amide bonds. The van der Waals surface area contributed by atoms with Crippen molar-refractivity contribution in [2.24, 2.45) is 0 Å². The first-order chi connectivity index (χ1) is 12.4. The second-order valence-electron chi connectivity index (χ2n) is 6.44. The fourth-order valence-electron chi connectivity index (χ4n) is 2.90. The fourth-order valence-corrected chi connectivity index (χ4v) is 3.93. The van der Waals surface area contributed by atoms with Gasteiger partial charge in [-0.05, 0) is 55.9 Å². The second-order valence-corrected chi connectivity index (χ2v) is 8.21. The summed E-state index contributed by atoms with van der Waals surface area (Å²) in [4.78, 5) is 2.25. The highest BCUT2D eigenvalue weighted by atomic mass is 32.2. The van der Waals surface area contributed by atoms with Gasteiger partial charge in [0.2, 0.25) is 16.8 Å². The van der Waals surface area contributed by atoms with Crippen LogP contribution >= 0.6 is 0 Å². The quantitative estimate of drug-likeness (QED) is 0.804. The zero-order chi connectivity index (χ0) is 18.7. The zero-order valence-electron chi connectivity index (χ0n) is 15.2. The summed E-state index contributed by atoms with van der Waals surface area (Å²) in [6.07, 6.45) is 0.876. The third-order valence-electron chi connectivity index (χ3n) is 4.51. The molecule has 1 aliphatic rings. The van der Waals surface area contributed by atoms with Crippen LogP contribution in [0.2, 0.25) is 0 Å². The lowest BCUT2D eigenvalue weighted by atomic mass is 10.1. The molecule has 0 saturated carbocycles. The lowest BCUT2D eigenvalue weighted by Crippen LogP contribution is -2.34. The first-order valence-corrected chi connectivity index (χ1v) is 10.0. The molecule has 2 aromatic rings. The Morgan fingerprint density at radius 2 is 1.77 bits per heavy atom. The molecule has 0 fully saturated rings. The molecule has 1 N–H and O–H groups in total. The monoisotopic (exact) mass is 376 g/mol. The smallest absolute Gasteiger partial charge is 0.240 e. The van der Waals surface area contributed by atoms with Crippen molar-refractivity contribution in [1.82, 2.24) is 9.62 Å². The highest BCUT2D eigenvalue weighted by molar-refractivity contribution is 7.89. The Hall–Kier alpha value is -2.09. The summed E-state index contributed by atoms with van der Waals surface area (Å²) < 4.78 is 38.7. The Bertz CT molecular complexity index is 864. The van der Waals surface area contributed by atoms with Crippen LogP contribution < -0.4 is 14.2 Å². The van der Waals surface area contributed by atoms with Gasteiger partial charge in [0, 0.05) is 12.6 Å². The van der Waals surface area contributed by atoms with Crippen molar-refractivity contribution in [2.75, 3.05) is 27.4 Å². The first-order valence-electron chi connectivity index (χ1n) is 8.55. The van der Waals surface area contributed by atoms with Crippen LogP contribution in [-0.4, -0.2) is 40.8 Å². The number of nitrogens with one attached hydrogen (secondary N) is 1. The number of sulfonamides is 1. The molecule has 140 valence electrons. The van der Waals surface area contributed by atoms with E-state index < -0.39 is 10.0 Å². The molecule has 1 unspecified atom stereocenters. The van der Waals surface area contributed by atoms with Crippen molar-refractivity contribution >= 4 is 10.0 Å². The Morgan fingerprint density at radius 3 is 2.42 bits per heavy atom. The van der Waals surface area contributed by atoms with E-state index in [0.29, 0.717) is 11.5 Å². The molecule has 1 heterocycles. The number of rotatable bonds is 7. The van der Waals surface area contributed by atoms with Crippen molar-refractivity contribution in [3.05, 3.63) is 53.6 Å². The number of nitrogens with zero attached hydrogens (tertiary/aromatic N) is 1. The number of ether oxygens (including phenoxy) is 2. The molecule has 0 aliphatic carbocycles. The largest absolute Gasteiger partial charge is 0.454 e. The van der Waals surface area contributed by atoms with Crippen molar-refractivity contribution in [1.29, 1.82) is 0 Å². The highest BCUT2D eigenvalue weighted by Gasteiger charge is 2.22. The van der Waals surface area contributed by atoms with Crippen molar-refractivity contribution < 1.29 is 17.9 Å². The Morgan fingerprint density at radius 1 is 1.08 bits per heavy atom. The average molecular weight is 376 g/mol. The SMILES string of the molecule is CCc1ccc(S(=O)(=O)NCC(c2ccc3c(c2)OCO3)N(C)C)cc1. The molecule has 26 heavy (non-hydrogen) atoms. The van der Waals surface area contributed by atoms with Gasteiger partial charge in [-0.1, -0.05) is 25.1 Å². The fraction of sp³-hybridized carbons (Fsp3) is 0.368. The van der Waals surface area contributed by atoms with Crippen molar-refractivity contribution in [3.63, 3.8) is 0 Å². The maximum Gasteiger partial charge on any atom is 0.240 e. The van der Waals surface area contributed by atoms with Crippen LogP contribution in [0.25, 0.3) is 0 Å². The molecule has 7 heteroatoms. The second kappa shape index (κ2) is 7.65. The van der Waals surface area contributed by atoms with Crippen LogP contribution in [0.3, 0.4) is 0 Å². The van der Waals surface area contributed by atoms with E-state index in [1.807, 2.05) is 56.3 Å². The standard InChI is InChI=1S/C19H24N2O4S/c1-4-14-5-8-16(9-6-14)26(22,23)20-12-17(21(2)3)15-7-10-18-19(11-15)25-13-24-18/h5-11,17,20H,4,12-13H2,1-3H3. The van der Waals surface area contributed by atoms with Gasteiger partial charge in [0.15, 0.2) is 11.5 Å². The van der Waals surface area contributed by atoms with Gasteiger partial charge < -0.3 is 14.4 Å². The third kappa shape index (κ3) is 4.00. The topological polar surface area (TPSA) is 67.9 Å². The van der Waals surface area contributed by atoms with E-state index in [0.717, 1.165) is 17.5 Å². The van der Waals surface area contributed by atoms with Crippen LogP contribution in [0.15, 0.2) is 47.4 Å². The number of benzene rings is 2. The molecule has 1 atom stereocenters. The summed E-state index contributed by atoms with van der Waals surface area (Å²) >= 11 is 0. The summed E-state index contributed by atoms with van der Waals surface area (Å²) in [5.74, 6) is 1.40. The average Bonchev–Trinajstić information content (AvgIpc) is 3.09. The summed E-state index contributed by atoms with van der Waals surface area (Å²) in [6.45, 7) is 2.51. The normalized spacial score (nSPS) is 14.6. The lowest BCUT2D eigenvalue weighted by Gasteiger charge is -2.25. The Kier molecular flexibility index (Phi) is 5.50. The van der Waals surface area contributed by atoms with Gasteiger partial charge in [0.1, 0.15) is 0 Å². The molecular formula is C19H24N2O4S. The molecule has 0 aromatic heterocycles. The minimum atomic E-state index is -3.57. The maximum absolute atomic E-state index is 12.6. The van der Waals surface area contributed by atoms with Crippen molar-refractivity contribution in [3.8, 4) is 11.5 Å². The van der Waals surface area contributed by atoms with Crippen LogP contribution in [-0.2, 0) is 16.4 Å². The predicted molar refractivity (Wildman–Crippen MR) is 100 cm³/mol. The zero-order valence-corrected chi connectivity index (χ0v) is 16.0. The van der Waals surface area contributed by atoms with Gasteiger partial charge in [-0.2, -0.15) is 0 Å². The van der Waals surface area contributed by atoms with Gasteiger partial charge in [-0.25, -0.2) is 13.1 Å². The number of aryl methyl sites for hydroxylation is 1. The van der Waals surface area contributed by atoms with Gasteiger partial charge >= 0.3 is 0 Å². The Labute approximate surface area is 154 Å². The van der Waals surface area contributed by atoms with Crippen LogP contribution in [0.1, 0.15) is 24.1 Å². The first kappa shape index (κ1) is 18.7. The van der Waals surface area contributed by atoms with E-state index in [1.54, 1.807) is 12.1 Å². The van der Waals surface area contributed by atoms with Crippen LogP contribution in [0, 0.1) is 0 Å². The van der Waals surface area contributed by atoms with E-state index in [9.17, 15) is 8.42 Å². The minimum absolute atomic E-state index is 0.130. The van der Waals surface area contributed by atoms with E-state index in [2.05, 4.69) is 4.72 Å². The molecule has 0 saturated heterocycles. The number of hydrogen-bond acceptors (Lipinski definition) is 5. The molecule has 0 spiro atoms. The van der Waals surface area contributed by atoms with Gasteiger partial charge in [0.05, 0.1) is 4.90 Å². The Balaban J connectivity index is 1.76. The molecule has 3 rings (SSSR count). The summed E-state index contributed by atoms with van der Waals surface area (Å²) in [6, 6.07) is 12.5. The van der Waals surface area contributed by atoms with Crippen LogP contribution in [0.4, 0.5) is 0 Å². The predicted octanol–water partition coefficient (Wildman–Crippen LogP) is 2.56. The maximum atomic E-state index is 12.6. The van der Waals surface area contributed by atoms with Gasteiger partial charge in [-0.3, -0.25) is 0 Å². The number of fused-ring (bicyclic) bond motifs is 1. The minimum Gasteiger partial charge on any atom is -0.454 e. The van der Waals surface area contributed by atoms with E-state index >= 15 is 0 Å². The molecule has 6 nitrogen and oxygen atoms in total. The number of hydrogen-bond donors (Lipinski definition) is 1. The summed E-state index contributed by atoms with van der Waals surface area (Å²) in [7, 11) is 0.267. The van der Waals surface area contributed by atoms with Gasteiger partial charge in [0.25, 0.3) is 0 Å². The third-order valence-corrected chi connectivity index (χ3v) is 5.95. The van der Waals surface area contributed by atoms with Crippen molar-refractivity contribution in [2.45, 2.75) is 24.3 Å². The van der Waals surface area contributed by atoms with E-state index in [1.165, 1.54) is 0 Å². The molecule has 1 aliphatic heterocycles. The number of likely N-dealkylation sites (N-methyl/N-ethyl adjacent to an activating group) is 1. The lowest BCUT2D eigenvalue weighted by molar-refractivity contribution is 0.174. The van der Waals surface area contributed by atoms with E-state index in [-0.39, 0.29) is 24.3 Å². The van der Waals surface area contributed by atoms with Gasteiger partial charge in [-0.15, -0.1) is 0 Å². The summed E-state index contributed by atoms with van der Waals surface area (Å²) in [5.41, 5.74) is 2.07. The highest BCUT2D eigenvalue weighted by Crippen LogP contribution is 2.35. The van der Waals surface area contributed by atoms with Crippen LogP contribution in [0.5, 0.6) is 11.5 Å². The molecular weight excluding hydrogens is 352 g/mol.